The molecule has 3 atom stereocenters. The zero-order valence-corrected chi connectivity index (χ0v) is 8.21. The predicted molar refractivity (Wildman–Crippen MR) is 49.9 cm³/mol. The molecule has 0 aromatic heterocycles. The molecule has 0 heterocycles. The smallest absolute Gasteiger partial charge is 0.0546 e. The van der Waals surface area contributed by atoms with E-state index < -0.39 is 0 Å². The molecule has 70 valence electrons. The van der Waals surface area contributed by atoms with E-state index in [2.05, 4.69) is 13.8 Å². The first-order chi connectivity index (χ1) is 5.60. The first-order valence-corrected chi connectivity index (χ1v) is 5.29. The molecule has 1 nitrogen and oxygen atoms in total. The maximum Gasteiger partial charge on any atom is 0.0546 e. The third kappa shape index (κ3) is 1.19. The summed E-state index contributed by atoms with van der Waals surface area (Å²) in [5, 5.41) is 9.65. The predicted octanol–water partition coefficient (Wildman–Crippen LogP) is 2.58. The van der Waals surface area contributed by atoms with E-state index in [1.54, 1.807) is 0 Å². The van der Waals surface area contributed by atoms with Gasteiger partial charge in [0, 0.05) is 0 Å². The van der Waals surface area contributed by atoms with Crippen LogP contribution in [0.3, 0.4) is 0 Å². The lowest BCUT2D eigenvalue weighted by atomic mass is 9.56. The first kappa shape index (κ1) is 8.55. The van der Waals surface area contributed by atoms with Gasteiger partial charge in [-0.1, -0.05) is 20.3 Å². The Morgan fingerprint density at radius 1 is 1.08 bits per heavy atom. The van der Waals surface area contributed by atoms with E-state index >= 15 is 0 Å². The van der Waals surface area contributed by atoms with Crippen LogP contribution in [0.15, 0.2) is 0 Å². The van der Waals surface area contributed by atoms with Crippen LogP contribution >= 0.6 is 0 Å². The maximum absolute atomic E-state index is 9.65. The number of fused-ring (bicyclic) bond motifs is 2. The van der Waals surface area contributed by atoms with E-state index in [-0.39, 0.29) is 6.10 Å². The Hall–Kier alpha value is -0.0400. The molecule has 1 N–H and O–H groups in total. The summed E-state index contributed by atoms with van der Waals surface area (Å²) in [6.45, 7) is 4.79. The molecule has 0 aromatic rings. The summed E-state index contributed by atoms with van der Waals surface area (Å²) in [4.78, 5) is 0. The van der Waals surface area contributed by atoms with Gasteiger partial charge in [-0.2, -0.15) is 0 Å². The largest absolute Gasteiger partial charge is 0.393 e. The SMILES string of the molecule is CC1(C)[C@@H]2CCC[C@H]1CC(O)C2. The highest BCUT2D eigenvalue weighted by Gasteiger charge is 2.44. The highest BCUT2D eigenvalue weighted by Crippen LogP contribution is 2.52. The van der Waals surface area contributed by atoms with Gasteiger partial charge in [-0.05, 0) is 42.9 Å². The molecule has 0 spiro atoms. The van der Waals surface area contributed by atoms with E-state index in [1.807, 2.05) is 0 Å². The summed E-state index contributed by atoms with van der Waals surface area (Å²) in [5.41, 5.74) is 0.511. The lowest BCUT2D eigenvalue weighted by molar-refractivity contribution is -0.0513. The van der Waals surface area contributed by atoms with Crippen molar-refractivity contribution in [3.8, 4) is 0 Å². The molecule has 2 aliphatic rings. The van der Waals surface area contributed by atoms with Crippen molar-refractivity contribution < 1.29 is 5.11 Å². The second-order valence-corrected chi connectivity index (χ2v) is 5.27. The van der Waals surface area contributed by atoms with Gasteiger partial charge in [-0.3, -0.25) is 0 Å². The van der Waals surface area contributed by atoms with Gasteiger partial charge >= 0.3 is 0 Å². The minimum atomic E-state index is 0.00771. The van der Waals surface area contributed by atoms with Crippen molar-refractivity contribution in [2.24, 2.45) is 17.3 Å². The Balaban J connectivity index is 2.18. The van der Waals surface area contributed by atoms with E-state index in [9.17, 15) is 5.11 Å². The molecule has 0 aromatic carbocycles. The van der Waals surface area contributed by atoms with Crippen molar-refractivity contribution in [2.75, 3.05) is 0 Å². The molecular weight excluding hydrogens is 148 g/mol. The van der Waals surface area contributed by atoms with E-state index in [0.29, 0.717) is 5.41 Å². The Morgan fingerprint density at radius 2 is 1.58 bits per heavy atom. The number of hydrogen-bond donors (Lipinski definition) is 1. The minimum Gasteiger partial charge on any atom is -0.393 e. The van der Waals surface area contributed by atoms with Gasteiger partial charge in [-0.15, -0.1) is 0 Å². The third-order valence-corrected chi connectivity index (χ3v) is 4.32. The van der Waals surface area contributed by atoms with E-state index in [1.165, 1.54) is 19.3 Å². The van der Waals surface area contributed by atoms with Gasteiger partial charge in [0.25, 0.3) is 0 Å². The van der Waals surface area contributed by atoms with Crippen LogP contribution in [-0.4, -0.2) is 11.2 Å². The molecule has 0 saturated heterocycles. The minimum absolute atomic E-state index is 0.00771. The van der Waals surface area contributed by atoms with Crippen molar-refractivity contribution in [2.45, 2.75) is 52.1 Å². The van der Waals surface area contributed by atoms with E-state index in [4.69, 9.17) is 0 Å². The van der Waals surface area contributed by atoms with Gasteiger partial charge in [0.05, 0.1) is 6.10 Å². The zero-order valence-electron chi connectivity index (χ0n) is 8.21. The van der Waals surface area contributed by atoms with E-state index in [0.717, 1.165) is 24.7 Å². The van der Waals surface area contributed by atoms with Gasteiger partial charge < -0.3 is 5.11 Å². The van der Waals surface area contributed by atoms with Gasteiger partial charge in [0.15, 0.2) is 0 Å². The number of aliphatic hydroxyl groups excluding tert-OH is 1. The van der Waals surface area contributed by atoms with Gasteiger partial charge in [0.1, 0.15) is 0 Å². The summed E-state index contributed by atoms with van der Waals surface area (Å²) in [5.74, 6) is 1.58. The fourth-order valence-electron chi connectivity index (χ4n) is 3.28. The summed E-state index contributed by atoms with van der Waals surface area (Å²) >= 11 is 0. The topological polar surface area (TPSA) is 20.2 Å². The second kappa shape index (κ2) is 2.73. The highest BCUT2D eigenvalue weighted by molar-refractivity contribution is 4.95. The number of hydrogen-bond acceptors (Lipinski definition) is 1. The molecule has 0 radical (unpaired) electrons. The maximum atomic E-state index is 9.65. The fraction of sp³-hybridized carbons (Fsp3) is 1.00. The average molecular weight is 168 g/mol. The summed E-state index contributed by atoms with van der Waals surface area (Å²) in [7, 11) is 0. The molecule has 2 rings (SSSR count). The Morgan fingerprint density at radius 3 is 2.08 bits per heavy atom. The Bertz CT molecular complexity index is 158. The fourth-order valence-corrected chi connectivity index (χ4v) is 3.28. The molecule has 1 unspecified atom stereocenters. The second-order valence-electron chi connectivity index (χ2n) is 5.27. The molecule has 0 aliphatic heterocycles. The monoisotopic (exact) mass is 168 g/mol. The molecule has 2 saturated carbocycles. The van der Waals surface area contributed by atoms with Crippen LogP contribution in [0.2, 0.25) is 0 Å². The molecule has 12 heavy (non-hydrogen) atoms. The van der Waals surface area contributed by atoms with Crippen LogP contribution in [-0.2, 0) is 0 Å². The zero-order chi connectivity index (χ0) is 8.77. The average Bonchev–Trinajstić information content (AvgIpc) is 1.92. The van der Waals surface area contributed by atoms with Crippen LogP contribution in [0.25, 0.3) is 0 Å². The molecule has 2 aliphatic carbocycles. The van der Waals surface area contributed by atoms with Gasteiger partial charge in [0.2, 0.25) is 0 Å². The lowest BCUT2D eigenvalue weighted by Crippen LogP contribution is -2.44. The standard InChI is InChI=1S/C11H20O/c1-11(2)8-4-3-5-9(11)7-10(12)6-8/h8-10,12H,3-7H2,1-2H3/t8-,9+,10?. The van der Waals surface area contributed by atoms with Crippen LogP contribution in [0.4, 0.5) is 0 Å². The molecule has 2 bridgehead atoms. The summed E-state index contributed by atoms with van der Waals surface area (Å²) in [6, 6.07) is 0. The number of rotatable bonds is 0. The van der Waals surface area contributed by atoms with Crippen LogP contribution in [0.5, 0.6) is 0 Å². The van der Waals surface area contributed by atoms with Crippen LogP contribution in [0.1, 0.15) is 46.0 Å². The summed E-state index contributed by atoms with van der Waals surface area (Å²) < 4.78 is 0. The Kier molecular flexibility index (Phi) is 1.95. The summed E-state index contributed by atoms with van der Waals surface area (Å²) in [6.07, 6.45) is 6.22. The van der Waals surface area contributed by atoms with Crippen molar-refractivity contribution in [3.05, 3.63) is 0 Å². The van der Waals surface area contributed by atoms with Crippen molar-refractivity contribution in [1.82, 2.24) is 0 Å². The van der Waals surface area contributed by atoms with Crippen LogP contribution in [0, 0.1) is 17.3 Å². The molecule has 2 fully saturated rings. The van der Waals surface area contributed by atoms with Crippen molar-refractivity contribution >= 4 is 0 Å². The quantitative estimate of drug-likeness (QED) is 0.589. The molecular formula is C11H20O. The van der Waals surface area contributed by atoms with Crippen molar-refractivity contribution in [1.29, 1.82) is 0 Å². The Labute approximate surface area is 75.2 Å². The lowest BCUT2D eigenvalue weighted by Gasteiger charge is -2.50. The number of aliphatic hydroxyl groups is 1. The van der Waals surface area contributed by atoms with Gasteiger partial charge in [-0.25, -0.2) is 0 Å². The molecule has 0 amide bonds. The normalized spacial score (nSPS) is 45.8. The first-order valence-electron chi connectivity index (χ1n) is 5.29. The third-order valence-electron chi connectivity index (χ3n) is 4.32. The van der Waals surface area contributed by atoms with Crippen molar-refractivity contribution in [3.63, 3.8) is 0 Å². The highest BCUT2D eigenvalue weighted by atomic mass is 16.3. The van der Waals surface area contributed by atoms with Crippen LogP contribution < -0.4 is 0 Å². The molecule has 1 heteroatoms.